The molecule has 0 atom stereocenters. The smallest absolute Gasteiger partial charge is 0.235 e. The minimum absolute atomic E-state index is 0.288. The molecule has 0 saturated heterocycles. The number of rotatable bonds is 5. The van der Waals surface area contributed by atoms with Crippen LogP contribution in [0.1, 0.15) is 16.9 Å². The highest BCUT2D eigenvalue weighted by Gasteiger charge is 2.15. The Bertz CT molecular complexity index is 764. The van der Waals surface area contributed by atoms with Crippen LogP contribution in [-0.4, -0.2) is 16.4 Å². The Morgan fingerprint density at radius 2 is 2.00 bits per heavy atom. The van der Waals surface area contributed by atoms with Crippen molar-refractivity contribution in [1.29, 1.82) is 0 Å². The molecule has 0 saturated carbocycles. The highest BCUT2D eigenvalue weighted by Crippen LogP contribution is 2.26. The highest BCUT2D eigenvalue weighted by atomic mass is 16.5. The van der Waals surface area contributed by atoms with E-state index < -0.39 is 0 Å². The molecular weight excluding hydrogens is 280 g/mol. The van der Waals surface area contributed by atoms with Gasteiger partial charge in [0.05, 0.1) is 5.56 Å². The van der Waals surface area contributed by atoms with Gasteiger partial charge in [0.1, 0.15) is 18.1 Å². The zero-order chi connectivity index (χ0) is 15.4. The number of carbonyl (C=O) groups excluding carboxylic acids is 1. The summed E-state index contributed by atoms with van der Waals surface area (Å²) in [4.78, 5) is 14.5. The summed E-state index contributed by atoms with van der Waals surface area (Å²) in [5, 5.41) is 4.10. The van der Waals surface area contributed by atoms with Crippen molar-refractivity contribution in [2.45, 2.75) is 13.5 Å². The molecular formula is C17H13N2O3. The number of ether oxygens (including phenoxy) is 1. The van der Waals surface area contributed by atoms with Gasteiger partial charge in [-0.1, -0.05) is 35.5 Å². The zero-order valence-electron chi connectivity index (χ0n) is 11.9. The van der Waals surface area contributed by atoms with Crippen LogP contribution in [0.3, 0.4) is 0 Å². The minimum Gasteiger partial charge on any atom is -0.473 e. The Hall–Kier alpha value is -2.95. The molecule has 5 heteroatoms. The van der Waals surface area contributed by atoms with Crippen LogP contribution in [0, 0.1) is 6.92 Å². The van der Waals surface area contributed by atoms with E-state index in [9.17, 15) is 4.79 Å². The minimum atomic E-state index is 0.288. The van der Waals surface area contributed by atoms with Crippen LogP contribution in [0.15, 0.2) is 53.2 Å². The van der Waals surface area contributed by atoms with Crippen LogP contribution >= 0.6 is 0 Å². The molecule has 109 valence electrons. The van der Waals surface area contributed by atoms with E-state index in [1.165, 1.54) is 6.20 Å². The van der Waals surface area contributed by atoms with Gasteiger partial charge in [-0.2, -0.15) is 0 Å². The van der Waals surface area contributed by atoms with Crippen LogP contribution in [0.5, 0.6) is 5.88 Å². The van der Waals surface area contributed by atoms with Gasteiger partial charge < -0.3 is 9.26 Å². The fourth-order valence-corrected chi connectivity index (χ4v) is 2.06. The second-order valence-electron chi connectivity index (χ2n) is 4.71. The van der Waals surface area contributed by atoms with Gasteiger partial charge in [-0.15, -0.1) is 0 Å². The number of aromatic nitrogens is 2. The molecule has 0 N–H and O–H groups in total. The maximum Gasteiger partial charge on any atom is 0.235 e. The summed E-state index contributed by atoms with van der Waals surface area (Å²) < 4.78 is 10.9. The molecule has 0 fully saturated rings. The highest BCUT2D eigenvalue weighted by molar-refractivity contribution is 5.74. The Balaban J connectivity index is 1.80. The normalized spacial score (nSPS) is 10.4. The van der Waals surface area contributed by atoms with E-state index in [4.69, 9.17) is 9.26 Å². The molecule has 1 aromatic carbocycles. The average Bonchev–Trinajstić information content (AvgIpc) is 2.95. The number of nitrogens with zero attached hydrogens (tertiary/aromatic N) is 2. The number of aryl methyl sites for hydroxylation is 1. The van der Waals surface area contributed by atoms with E-state index in [1.807, 2.05) is 37.3 Å². The number of hydrogen-bond donors (Lipinski definition) is 0. The summed E-state index contributed by atoms with van der Waals surface area (Å²) in [5.74, 6) is 1.13. The number of hydrogen-bond acceptors (Lipinski definition) is 5. The molecule has 5 nitrogen and oxygen atoms in total. The maximum atomic E-state index is 10.5. The van der Waals surface area contributed by atoms with Crippen LogP contribution in [0.2, 0.25) is 0 Å². The summed E-state index contributed by atoms with van der Waals surface area (Å²) in [6, 6.07) is 13.0. The third-order valence-corrected chi connectivity index (χ3v) is 3.25. The lowest BCUT2D eigenvalue weighted by atomic mass is 10.1. The van der Waals surface area contributed by atoms with Gasteiger partial charge in [-0.25, -0.2) is 4.98 Å². The van der Waals surface area contributed by atoms with Gasteiger partial charge in [0.2, 0.25) is 12.2 Å². The largest absolute Gasteiger partial charge is 0.473 e. The fourth-order valence-electron chi connectivity index (χ4n) is 2.06. The molecule has 0 amide bonds. The third-order valence-electron chi connectivity index (χ3n) is 3.25. The molecule has 0 aliphatic carbocycles. The van der Waals surface area contributed by atoms with Crippen molar-refractivity contribution >= 4 is 6.29 Å². The lowest BCUT2D eigenvalue weighted by Gasteiger charge is -2.06. The first-order valence-corrected chi connectivity index (χ1v) is 6.75. The van der Waals surface area contributed by atoms with E-state index >= 15 is 0 Å². The third kappa shape index (κ3) is 2.88. The van der Waals surface area contributed by atoms with Crippen molar-refractivity contribution in [3.8, 4) is 17.1 Å². The second kappa shape index (κ2) is 6.22. The molecule has 0 unspecified atom stereocenters. The van der Waals surface area contributed by atoms with E-state index in [1.54, 1.807) is 18.4 Å². The van der Waals surface area contributed by atoms with Gasteiger partial charge in [0.25, 0.3) is 0 Å². The summed E-state index contributed by atoms with van der Waals surface area (Å²) >= 11 is 0. The van der Waals surface area contributed by atoms with Crippen LogP contribution < -0.4 is 4.74 Å². The maximum absolute atomic E-state index is 10.5. The van der Waals surface area contributed by atoms with E-state index in [2.05, 4.69) is 10.1 Å². The second-order valence-corrected chi connectivity index (χ2v) is 4.71. The molecule has 0 spiro atoms. The molecule has 0 bridgehead atoms. The average molecular weight is 293 g/mol. The van der Waals surface area contributed by atoms with E-state index in [0.717, 1.165) is 16.8 Å². The van der Waals surface area contributed by atoms with Crippen LogP contribution in [-0.2, 0) is 11.4 Å². The molecule has 22 heavy (non-hydrogen) atoms. The lowest BCUT2D eigenvalue weighted by molar-refractivity contribution is 0.290. The lowest BCUT2D eigenvalue weighted by Crippen LogP contribution is -1.99. The van der Waals surface area contributed by atoms with Crippen LogP contribution in [0.4, 0.5) is 0 Å². The Kier molecular flexibility index (Phi) is 3.96. The predicted octanol–water partition coefficient (Wildman–Crippen LogP) is 3.08. The Labute approximate surface area is 127 Å². The van der Waals surface area contributed by atoms with Crippen molar-refractivity contribution < 1.29 is 14.1 Å². The summed E-state index contributed by atoms with van der Waals surface area (Å²) in [6.07, 6.45) is 3.19. The SMILES string of the molecule is Cc1onc(-c2ccccc2)c1COc1ccc([C]=O)cn1. The zero-order valence-corrected chi connectivity index (χ0v) is 11.9. The molecule has 2 aromatic heterocycles. The molecule has 0 aliphatic rings. The quantitative estimate of drug-likeness (QED) is 0.723. The van der Waals surface area contributed by atoms with E-state index in [-0.39, 0.29) is 6.61 Å². The van der Waals surface area contributed by atoms with Gasteiger partial charge >= 0.3 is 0 Å². The first-order chi connectivity index (χ1) is 10.8. The van der Waals surface area contributed by atoms with Gasteiger partial charge in [-0.3, -0.25) is 4.79 Å². The standard InChI is InChI=1S/C17H13N2O3/c1-12-15(11-21-16-8-7-13(10-20)9-18-16)17(19-22-12)14-5-3-2-4-6-14/h2-9H,11H2,1H3. The predicted molar refractivity (Wildman–Crippen MR) is 80.0 cm³/mol. The van der Waals surface area contributed by atoms with Crippen molar-refractivity contribution in [2.24, 2.45) is 0 Å². The molecule has 0 aliphatic heterocycles. The molecule has 2 heterocycles. The van der Waals surface area contributed by atoms with Gasteiger partial charge in [0.15, 0.2) is 0 Å². The Morgan fingerprint density at radius 3 is 2.68 bits per heavy atom. The van der Waals surface area contributed by atoms with Crippen molar-refractivity contribution in [2.75, 3.05) is 0 Å². The first kappa shape index (κ1) is 14.0. The summed E-state index contributed by atoms with van der Waals surface area (Å²) in [5.41, 5.74) is 2.99. The molecule has 1 radical (unpaired) electrons. The molecule has 3 aromatic rings. The Morgan fingerprint density at radius 1 is 1.18 bits per heavy atom. The van der Waals surface area contributed by atoms with Crippen molar-refractivity contribution in [3.05, 3.63) is 65.5 Å². The monoisotopic (exact) mass is 293 g/mol. The number of pyridine rings is 1. The summed E-state index contributed by atoms with van der Waals surface area (Å²) in [7, 11) is 0. The first-order valence-electron chi connectivity index (χ1n) is 6.75. The summed E-state index contributed by atoms with van der Waals surface area (Å²) in [6.45, 7) is 2.13. The van der Waals surface area contributed by atoms with Crippen LogP contribution in [0.25, 0.3) is 11.3 Å². The van der Waals surface area contributed by atoms with Crippen molar-refractivity contribution in [3.63, 3.8) is 0 Å². The fraction of sp³-hybridized carbons (Fsp3) is 0.118. The van der Waals surface area contributed by atoms with E-state index in [0.29, 0.717) is 17.2 Å². The van der Waals surface area contributed by atoms with Gasteiger partial charge in [-0.05, 0) is 13.0 Å². The van der Waals surface area contributed by atoms with Gasteiger partial charge in [0, 0.05) is 23.4 Å². The van der Waals surface area contributed by atoms with Crippen molar-refractivity contribution in [1.82, 2.24) is 10.1 Å². The molecule has 3 rings (SSSR count). The topological polar surface area (TPSA) is 65.2 Å². The number of benzene rings is 1.